The zero-order chi connectivity index (χ0) is 20.6. The van der Waals surface area contributed by atoms with Gasteiger partial charge >= 0.3 is 0 Å². The Balaban J connectivity index is 1.81. The molecule has 0 aliphatic rings. The van der Waals surface area contributed by atoms with E-state index in [1.54, 1.807) is 7.11 Å². The van der Waals surface area contributed by atoms with Crippen LogP contribution in [-0.2, 0) is 16.0 Å². The number of thioether (sulfide) groups is 1. The van der Waals surface area contributed by atoms with Crippen LogP contribution in [0, 0.1) is 0 Å². The van der Waals surface area contributed by atoms with Gasteiger partial charge in [0.15, 0.2) is 5.16 Å². The van der Waals surface area contributed by atoms with E-state index in [1.165, 1.54) is 11.8 Å². The van der Waals surface area contributed by atoms with Crippen molar-refractivity contribution >= 4 is 29.3 Å². The van der Waals surface area contributed by atoms with Gasteiger partial charge in [0, 0.05) is 30.3 Å². The summed E-state index contributed by atoms with van der Waals surface area (Å²) < 4.78 is 7.03. The van der Waals surface area contributed by atoms with E-state index in [4.69, 9.17) is 16.3 Å². The summed E-state index contributed by atoms with van der Waals surface area (Å²) >= 11 is 7.40. The van der Waals surface area contributed by atoms with Crippen LogP contribution < -0.4 is 5.32 Å². The summed E-state index contributed by atoms with van der Waals surface area (Å²) in [5, 5.41) is 12.9. The van der Waals surface area contributed by atoms with Crippen LogP contribution in [0.1, 0.15) is 18.3 Å². The van der Waals surface area contributed by atoms with E-state index >= 15 is 0 Å². The second kappa shape index (κ2) is 10.4. The molecule has 0 radical (unpaired) electrons. The Bertz CT molecular complexity index is 932. The van der Waals surface area contributed by atoms with Gasteiger partial charge in [-0.1, -0.05) is 53.7 Å². The van der Waals surface area contributed by atoms with Gasteiger partial charge in [0.05, 0.1) is 12.4 Å². The average Bonchev–Trinajstić information content (AvgIpc) is 3.10. The molecule has 0 fully saturated rings. The van der Waals surface area contributed by atoms with Crippen LogP contribution in [-0.4, -0.2) is 46.2 Å². The zero-order valence-corrected chi connectivity index (χ0v) is 17.9. The molecule has 3 aromatic rings. The molecule has 0 aliphatic carbocycles. The summed E-state index contributed by atoms with van der Waals surface area (Å²) in [4.78, 5) is 12.2. The van der Waals surface area contributed by atoms with E-state index in [1.807, 2.05) is 54.0 Å². The lowest BCUT2D eigenvalue weighted by molar-refractivity contribution is -0.119. The molecule has 0 spiro atoms. The molecular formula is C21H23ClN4O2S. The Morgan fingerprint density at radius 1 is 1.17 bits per heavy atom. The molecule has 1 aromatic heterocycles. The highest BCUT2D eigenvalue weighted by Crippen LogP contribution is 2.24. The first-order valence-corrected chi connectivity index (χ1v) is 10.6. The second-order valence-corrected chi connectivity index (χ2v) is 7.96. The monoisotopic (exact) mass is 430 g/mol. The Labute approximate surface area is 179 Å². The number of ether oxygens (including phenoxy) is 1. The van der Waals surface area contributed by atoms with Crippen molar-refractivity contribution in [3.05, 3.63) is 71.0 Å². The molecule has 1 N–H and O–H groups in total. The number of amides is 1. The highest BCUT2D eigenvalue weighted by Gasteiger charge is 2.17. The molecule has 1 unspecified atom stereocenters. The van der Waals surface area contributed by atoms with Gasteiger partial charge in [0.25, 0.3) is 0 Å². The third-order valence-electron chi connectivity index (χ3n) is 4.15. The average molecular weight is 431 g/mol. The van der Waals surface area contributed by atoms with Gasteiger partial charge < -0.3 is 10.1 Å². The van der Waals surface area contributed by atoms with Gasteiger partial charge in [0.2, 0.25) is 5.91 Å². The van der Waals surface area contributed by atoms with Crippen LogP contribution in [0.5, 0.6) is 0 Å². The number of nitrogens with zero attached hydrogens (tertiary/aromatic N) is 3. The van der Waals surface area contributed by atoms with Gasteiger partial charge in [-0.15, -0.1) is 10.2 Å². The lowest BCUT2D eigenvalue weighted by Crippen LogP contribution is -2.36. The number of nitrogens with one attached hydrogen (secondary N) is 1. The topological polar surface area (TPSA) is 69.0 Å². The van der Waals surface area contributed by atoms with Crippen molar-refractivity contribution in [2.24, 2.45) is 0 Å². The number of rotatable bonds is 9. The molecule has 1 heterocycles. The first-order chi connectivity index (χ1) is 14.1. The van der Waals surface area contributed by atoms with Crippen LogP contribution in [0.2, 0.25) is 5.02 Å². The van der Waals surface area contributed by atoms with Crippen LogP contribution >= 0.6 is 23.4 Å². The quantitative estimate of drug-likeness (QED) is 0.523. The Hall–Kier alpha value is -2.35. The van der Waals surface area contributed by atoms with Crippen molar-refractivity contribution in [3.8, 4) is 5.69 Å². The van der Waals surface area contributed by atoms with Crippen molar-refractivity contribution in [2.75, 3.05) is 19.5 Å². The Morgan fingerprint density at radius 2 is 1.90 bits per heavy atom. The molecule has 29 heavy (non-hydrogen) atoms. The fourth-order valence-corrected chi connectivity index (χ4v) is 3.78. The molecule has 0 aliphatic heterocycles. The van der Waals surface area contributed by atoms with Crippen LogP contribution in [0.15, 0.2) is 59.8 Å². The van der Waals surface area contributed by atoms with E-state index in [0.717, 1.165) is 17.1 Å². The maximum Gasteiger partial charge on any atom is 0.230 e. The lowest BCUT2D eigenvalue weighted by Gasteiger charge is -2.13. The zero-order valence-electron chi connectivity index (χ0n) is 16.3. The first kappa shape index (κ1) is 21.4. The summed E-state index contributed by atoms with van der Waals surface area (Å²) in [6.45, 7) is 2.37. The Kier molecular flexibility index (Phi) is 7.69. The van der Waals surface area contributed by atoms with E-state index < -0.39 is 0 Å². The first-order valence-electron chi connectivity index (χ1n) is 9.22. The number of hydrogen-bond donors (Lipinski definition) is 1. The summed E-state index contributed by atoms with van der Waals surface area (Å²) in [6, 6.07) is 17.5. The standard InChI is InChI=1S/C21H23ClN4O2S/c1-15(13-28-2)23-20(27)14-29-21-25-24-19(12-16-6-4-3-5-7-16)26(21)18-10-8-17(22)9-11-18/h3-11,15H,12-14H2,1-2H3,(H,23,27). The molecule has 0 bridgehead atoms. The minimum atomic E-state index is -0.0742. The maximum absolute atomic E-state index is 12.2. The number of methoxy groups -OCH3 is 1. The summed E-state index contributed by atoms with van der Waals surface area (Å²) in [5.74, 6) is 0.967. The van der Waals surface area contributed by atoms with Crippen molar-refractivity contribution in [1.29, 1.82) is 0 Å². The third-order valence-corrected chi connectivity index (χ3v) is 5.33. The highest BCUT2D eigenvalue weighted by molar-refractivity contribution is 7.99. The summed E-state index contributed by atoms with van der Waals surface area (Å²) in [6.07, 6.45) is 0.633. The SMILES string of the molecule is COCC(C)NC(=O)CSc1nnc(Cc2ccccc2)n1-c1ccc(Cl)cc1. The van der Waals surface area contributed by atoms with Crippen molar-refractivity contribution < 1.29 is 9.53 Å². The van der Waals surface area contributed by atoms with E-state index in [9.17, 15) is 4.79 Å². The molecular weight excluding hydrogens is 408 g/mol. The Morgan fingerprint density at radius 3 is 2.59 bits per heavy atom. The highest BCUT2D eigenvalue weighted by atomic mass is 35.5. The number of halogens is 1. The van der Waals surface area contributed by atoms with Crippen molar-refractivity contribution in [1.82, 2.24) is 20.1 Å². The molecule has 3 rings (SSSR count). The van der Waals surface area contributed by atoms with Crippen molar-refractivity contribution in [2.45, 2.75) is 24.5 Å². The van der Waals surface area contributed by atoms with Gasteiger partial charge in [0.1, 0.15) is 5.82 Å². The maximum atomic E-state index is 12.2. The number of aromatic nitrogens is 3. The number of hydrogen-bond acceptors (Lipinski definition) is 5. The molecule has 0 saturated carbocycles. The molecule has 8 heteroatoms. The van der Waals surface area contributed by atoms with E-state index in [-0.39, 0.29) is 17.7 Å². The van der Waals surface area contributed by atoms with Crippen molar-refractivity contribution in [3.63, 3.8) is 0 Å². The van der Waals surface area contributed by atoms with E-state index in [2.05, 4.69) is 27.6 Å². The molecule has 152 valence electrons. The number of benzene rings is 2. The second-order valence-electron chi connectivity index (χ2n) is 6.59. The predicted molar refractivity (Wildman–Crippen MR) is 116 cm³/mol. The predicted octanol–water partition coefficient (Wildman–Crippen LogP) is 3.75. The van der Waals surface area contributed by atoms with E-state index in [0.29, 0.717) is 23.2 Å². The van der Waals surface area contributed by atoms with Gasteiger partial charge in [-0.2, -0.15) is 0 Å². The number of carbonyl (C=O) groups is 1. The van der Waals surface area contributed by atoms with Crippen LogP contribution in [0.25, 0.3) is 5.69 Å². The third kappa shape index (κ3) is 6.06. The van der Waals surface area contributed by atoms with Crippen LogP contribution in [0.4, 0.5) is 0 Å². The minimum absolute atomic E-state index is 0.0455. The van der Waals surface area contributed by atoms with Gasteiger partial charge in [-0.05, 0) is 36.8 Å². The van der Waals surface area contributed by atoms with Gasteiger partial charge in [-0.3, -0.25) is 9.36 Å². The fourth-order valence-electron chi connectivity index (χ4n) is 2.87. The number of carbonyl (C=O) groups excluding carboxylic acids is 1. The van der Waals surface area contributed by atoms with Crippen LogP contribution in [0.3, 0.4) is 0 Å². The fraction of sp³-hybridized carbons (Fsp3) is 0.286. The lowest BCUT2D eigenvalue weighted by atomic mass is 10.1. The molecule has 6 nitrogen and oxygen atoms in total. The van der Waals surface area contributed by atoms with Gasteiger partial charge in [-0.25, -0.2) is 0 Å². The molecule has 2 aromatic carbocycles. The molecule has 0 saturated heterocycles. The molecule has 1 atom stereocenters. The normalized spacial score (nSPS) is 12.0. The summed E-state index contributed by atoms with van der Waals surface area (Å²) in [7, 11) is 1.61. The molecule has 1 amide bonds. The minimum Gasteiger partial charge on any atom is -0.383 e. The summed E-state index contributed by atoms with van der Waals surface area (Å²) in [5.41, 5.74) is 2.04. The smallest absolute Gasteiger partial charge is 0.230 e. The largest absolute Gasteiger partial charge is 0.383 e.